The Labute approximate surface area is 77.4 Å². The molecule has 1 rings (SSSR count). The Bertz CT molecular complexity index is 228. The fourth-order valence-corrected chi connectivity index (χ4v) is 1.79. The van der Waals surface area contributed by atoms with Crippen LogP contribution in [0, 0.1) is 0 Å². The number of rotatable bonds is 3. The van der Waals surface area contributed by atoms with E-state index < -0.39 is 6.10 Å². The summed E-state index contributed by atoms with van der Waals surface area (Å²) in [6, 6.07) is 0. The van der Waals surface area contributed by atoms with Gasteiger partial charge in [-0.3, -0.25) is 0 Å². The molecule has 1 unspecified atom stereocenters. The van der Waals surface area contributed by atoms with Crippen molar-refractivity contribution in [3.05, 3.63) is 15.0 Å². The van der Waals surface area contributed by atoms with Crippen molar-refractivity contribution in [1.29, 1.82) is 0 Å². The first kappa shape index (κ1) is 9.12. The lowest BCUT2D eigenvalue weighted by Gasteiger charge is -2.03. The fraction of sp³-hybridized carbons (Fsp3) is 0.500. The highest BCUT2D eigenvalue weighted by atomic mass is 79.9. The van der Waals surface area contributed by atoms with Gasteiger partial charge in [0.2, 0.25) is 0 Å². The molecule has 11 heavy (non-hydrogen) atoms. The molecule has 0 amide bonds. The maximum atomic E-state index is 9.38. The molecule has 3 nitrogen and oxygen atoms in total. The molecule has 0 fully saturated rings. The second-order valence-corrected chi connectivity index (χ2v) is 4.25. The highest BCUT2D eigenvalue weighted by Crippen LogP contribution is 2.22. The summed E-state index contributed by atoms with van der Waals surface area (Å²) in [6.07, 6.45) is 0.0541. The molecule has 1 aromatic rings. The standard InChI is InChI=1S/C6H9BrN2OS/c7-6-9-4(3-11-6)5(10)1-2-8/h3,5,10H,1-2,8H2. The van der Waals surface area contributed by atoms with Crippen LogP contribution in [0.15, 0.2) is 9.30 Å². The topological polar surface area (TPSA) is 59.1 Å². The molecule has 1 heterocycles. The molecule has 5 heteroatoms. The molecule has 0 saturated carbocycles. The average Bonchev–Trinajstić information content (AvgIpc) is 2.36. The number of halogens is 1. The van der Waals surface area contributed by atoms with Gasteiger partial charge in [-0.2, -0.15) is 0 Å². The Hall–Kier alpha value is 0.0300. The van der Waals surface area contributed by atoms with Gasteiger partial charge in [0.25, 0.3) is 0 Å². The highest BCUT2D eigenvalue weighted by molar-refractivity contribution is 9.11. The lowest BCUT2D eigenvalue weighted by Crippen LogP contribution is -2.06. The lowest BCUT2D eigenvalue weighted by atomic mass is 10.2. The van der Waals surface area contributed by atoms with E-state index in [-0.39, 0.29) is 0 Å². The Morgan fingerprint density at radius 1 is 1.82 bits per heavy atom. The van der Waals surface area contributed by atoms with Crippen molar-refractivity contribution in [3.8, 4) is 0 Å². The van der Waals surface area contributed by atoms with Crippen LogP contribution in [0.3, 0.4) is 0 Å². The van der Waals surface area contributed by atoms with Crippen molar-refractivity contribution in [3.63, 3.8) is 0 Å². The third kappa shape index (κ3) is 2.52. The van der Waals surface area contributed by atoms with E-state index in [0.717, 1.165) is 3.92 Å². The van der Waals surface area contributed by atoms with Crippen LogP contribution in [-0.2, 0) is 0 Å². The van der Waals surface area contributed by atoms with Gasteiger partial charge < -0.3 is 10.8 Å². The average molecular weight is 237 g/mol. The predicted octanol–water partition coefficient (Wildman–Crippen LogP) is 1.29. The SMILES string of the molecule is NCCC(O)c1csc(Br)n1. The molecule has 0 aliphatic carbocycles. The minimum Gasteiger partial charge on any atom is -0.387 e. The third-order valence-corrected chi connectivity index (χ3v) is 2.66. The Morgan fingerprint density at radius 2 is 2.55 bits per heavy atom. The van der Waals surface area contributed by atoms with E-state index in [1.54, 1.807) is 0 Å². The molecule has 0 radical (unpaired) electrons. The number of hydrogen-bond donors (Lipinski definition) is 2. The summed E-state index contributed by atoms with van der Waals surface area (Å²) in [6.45, 7) is 0.482. The van der Waals surface area contributed by atoms with E-state index in [4.69, 9.17) is 5.73 Å². The first-order chi connectivity index (χ1) is 5.24. The van der Waals surface area contributed by atoms with Crippen LogP contribution in [0.4, 0.5) is 0 Å². The molecule has 62 valence electrons. The van der Waals surface area contributed by atoms with Crippen LogP contribution in [0.1, 0.15) is 18.2 Å². The lowest BCUT2D eigenvalue weighted by molar-refractivity contribution is 0.166. The van der Waals surface area contributed by atoms with E-state index in [9.17, 15) is 5.11 Å². The third-order valence-electron chi connectivity index (χ3n) is 1.28. The number of nitrogens with two attached hydrogens (primary N) is 1. The summed E-state index contributed by atoms with van der Waals surface area (Å²) < 4.78 is 0.795. The number of thiazole rings is 1. The first-order valence-corrected chi connectivity index (χ1v) is 4.90. The normalized spacial score (nSPS) is 13.4. The van der Waals surface area contributed by atoms with E-state index in [1.165, 1.54) is 11.3 Å². The zero-order chi connectivity index (χ0) is 8.27. The molecule has 0 saturated heterocycles. The number of nitrogens with zero attached hydrogens (tertiary/aromatic N) is 1. The Morgan fingerprint density at radius 3 is 3.00 bits per heavy atom. The van der Waals surface area contributed by atoms with Crippen LogP contribution < -0.4 is 5.73 Å². The Balaban J connectivity index is 2.60. The molecular formula is C6H9BrN2OS. The maximum absolute atomic E-state index is 9.38. The summed E-state index contributed by atoms with van der Waals surface area (Å²) in [7, 11) is 0. The summed E-state index contributed by atoms with van der Waals surface area (Å²) in [5, 5.41) is 11.2. The molecule has 0 aromatic carbocycles. The molecule has 1 aromatic heterocycles. The van der Waals surface area contributed by atoms with Gasteiger partial charge in [-0.05, 0) is 28.9 Å². The monoisotopic (exact) mass is 236 g/mol. The van der Waals surface area contributed by atoms with Crippen LogP contribution in [-0.4, -0.2) is 16.6 Å². The van der Waals surface area contributed by atoms with Gasteiger partial charge in [0.1, 0.15) is 0 Å². The van der Waals surface area contributed by atoms with Gasteiger partial charge in [0.05, 0.1) is 11.8 Å². The van der Waals surface area contributed by atoms with Crippen LogP contribution >= 0.6 is 27.3 Å². The quantitative estimate of drug-likeness (QED) is 0.832. The minimum absolute atomic E-state index is 0.482. The summed E-state index contributed by atoms with van der Waals surface area (Å²) >= 11 is 4.68. The molecular weight excluding hydrogens is 228 g/mol. The zero-order valence-electron chi connectivity index (χ0n) is 5.83. The van der Waals surface area contributed by atoms with Crippen LogP contribution in [0.2, 0.25) is 0 Å². The molecule has 1 atom stereocenters. The van der Waals surface area contributed by atoms with E-state index in [2.05, 4.69) is 20.9 Å². The number of aliphatic hydroxyl groups excluding tert-OH is 1. The number of hydrogen-bond acceptors (Lipinski definition) is 4. The van der Waals surface area contributed by atoms with Gasteiger partial charge in [-0.25, -0.2) is 4.98 Å². The van der Waals surface area contributed by atoms with Crippen molar-refractivity contribution in [2.45, 2.75) is 12.5 Å². The van der Waals surface area contributed by atoms with Crippen molar-refractivity contribution >= 4 is 27.3 Å². The predicted molar refractivity (Wildman–Crippen MR) is 48.4 cm³/mol. The van der Waals surface area contributed by atoms with E-state index >= 15 is 0 Å². The molecule has 0 spiro atoms. The highest BCUT2D eigenvalue weighted by Gasteiger charge is 2.09. The second kappa shape index (κ2) is 4.15. The molecule has 0 aliphatic rings. The van der Waals surface area contributed by atoms with Gasteiger partial charge >= 0.3 is 0 Å². The van der Waals surface area contributed by atoms with Crippen molar-refractivity contribution < 1.29 is 5.11 Å². The smallest absolute Gasteiger partial charge is 0.159 e. The van der Waals surface area contributed by atoms with Gasteiger partial charge in [0, 0.05) is 5.38 Å². The Kier molecular flexibility index (Phi) is 3.45. The molecule has 0 aliphatic heterocycles. The molecule has 0 bridgehead atoms. The minimum atomic E-state index is -0.512. The largest absolute Gasteiger partial charge is 0.387 e. The number of aromatic nitrogens is 1. The van der Waals surface area contributed by atoms with Gasteiger partial charge in [0.15, 0.2) is 3.92 Å². The van der Waals surface area contributed by atoms with Crippen molar-refractivity contribution in [2.24, 2.45) is 5.73 Å². The van der Waals surface area contributed by atoms with Crippen LogP contribution in [0.25, 0.3) is 0 Å². The van der Waals surface area contributed by atoms with Crippen molar-refractivity contribution in [2.75, 3.05) is 6.54 Å². The maximum Gasteiger partial charge on any atom is 0.159 e. The first-order valence-electron chi connectivity index (χ1n) is 3.23. The summed E-state index contributed by atoms with van der Waals surface area (Å²) in [5.41, 5.74) is 5.98. The molecule has 3 N–H and O–H groups in total. The van der Waals surface area contributed by atoms with Crippen LogP contribution in [0.5, 0.6) is 0 Å². The van der Waals surface area contributed by atoms with Crippen molar-refractivity contribution in [1.82, 2.24) is 4.98 Å². The van der Waals surface area contributed by atoms with E-state index in [1.807, 2.05) is 5.38 Å². The number of aliphatic hydroxyl groups is 1. The fourth-order valence-electron chi connectivity index (χ4n) is 0.722. The van der Waals surface area contributed by atoms with Gasteiger partial charge in [-0.15, -0.1) is 11.3 Å². The summed E-state index contributed by atoms with van der Waals surface area (Å²) in [4.78, 5) is 4.06. The van der Waals surface area contributed by atoms with E-state index in [0.29, 0.717) is 18.7 Å². The second-order valence-electron chi connectivity index (χ2n) is 2.12. The van der Waals surface area contributed by atoms with Gasteiger partial charge in [-0.1, -0.05) is 0 Å². The summed E-state index contributed by atoms with van der Waals surface area (Å²) in [5.74, 6) is 0. The zero-order valence-corrected chi connectivity index (χ0v) is 8.23.